The Morgan fingerprint density at radius 1 is 1.53 bits per heavy atom. The zero-order valence-corrected chi connectivity index (χ0v) is 9.68. The zero-order valence-electron chi connectivity index (χ0n) is 9.68. The maximum Gasteiger partial charge on any atom is 0.330 e. The molecule has 0 heterocycles. The van der Waals surface area contributed by atoms with Crippen LogP contribution in [0.25, 0.3) is 0 Å². The van der Waals surface area contributed by atoms with Gasteiger partial charge in [-0.15, -0.1) is 6.58 Å². The highest BCUT2D eigenvalue weighted by molar-refractivity contribution is 5.85. The van der Waals surface area contributed by atoms with Gasteiger partial charge in [-0.1, -0.05) is 26.5 Å². The van der Waals surface area contributed by atoms with E-state index in [9.17, 15) is 4.79 Å². The first-order chi connectivity index (χ1) is 6.89. The van der Waals surface area contributed by atoms with Crippen LogP contribution in [0.1, 0.15) is 26.7 Å². The third kappa shape index (κ3) is 6.91. The van der Waals surface area contributed by atoms with Gasteiger partial charge in [-0.25, -0.2) is 4.79 Å². The molecule has 0 aliphatic rings. The van der Waals surface area contributed by atoms with Crippen molar-refractivity contribution in [1.29, 1.82) is 0 Å². The number of hydrogen-bond acceptors (Lipinski definition) is 2. The van der Waals surface area contributed by atoms with Gasteiger partial charge in [-0.05, 0) is 18.3 Å². The van der Waals surface area contributed by atoms with Gasteiger partial charge < -0.3 is 10.4 Å². The summed E-state index contributed by atoms with van der Waals surface area (Å²) in [7, 11) is 0. The van der Waals surface area contributed by atoms with Gasteiger partial charge in [0.1, 0.15) is 0 Å². The van der Waals surface area contributed by atoms with Gasteiger partial charge in [0.2, 0.25) is 0 Å². The molecule has 0 atom stereocenters. The molecule has 0 aromatic carbocycles. The summed E-state index contributed by atoms with van der Waals surface area (Å²) in [6.45, 7) is 13.0. The Hall–Kier alpha value is -1.09. The van der Waals surface area contributed by atoms with E-state index in [1.807, 2.05) is 6.08 Å². The molecule has 0 saturated carbocycles. The molecule has 0 amide bonds. The van der Waals surface area contributed by atoms with Crippen LogP contribution in [0.3, 0.4) is 0 Å². The lowest BCUT2D eigenvalue weighted by molar-refractivity contribution is -0.132. The van der Waals surface area contributed by atoms with E-state index in [1.54, 1.807) is 0 Å². The average Bonchev–Trinajstić information content (AvgIpc) is 2.14. The molecule has 3 heteroatoms. The molecular formula is C12H21NO2. The highest BCUT2D eigenvalue weighted by Gasteiger charge is 2.18. The standard InChI is InChI=1S/C12H21NO2/c1-5-8-13-9-12(3,4)7-6-10(2)11(14)15/h5,13H,1-2,6-9H2,3-4H3,(H,14,15). The Bertz CT molecular complexity index is 244. The van der Waals surface area contributed by atoms with Crippen LogP contribution >= 0.6 is 0 Å². The Balaban J connectivity index is 3.87. The molecule has 0 radical (unpaired) electrons. The number of carbonyl (C=O) groups is 1. The van der Waals surface area contributed by atoms with Gasteiger partial charge in [0.15, 0.2) is 0 Å². The second-order valence-corrected chi connectivity index (χ2v) is 4.49. The minimum Gasteiger partial charge on any atom is -0.478 e. The van der Waals surface area contributed by atoms with Gasteiger partial charge in [-0.3, -0.25) is 0 Å². The molecule has 86 valence electrons. The van der Waals surface area contributed by atoms with E-state index in [0.717, 1.165) is 19.5 Å². The smallest absolute Gasteiger partial charge is 0.330 e. The lowest BCUT2D eigenvalue weighted by Gasteiger charge is -2.24. The normalized spacial score (nSPS) is 11.1. The van der Waals surface area contributed by atoms with E-state index >= 15 is 0 Å². The van der Waals surface area contributed by atoms with Crippen molar-refractivity contribution in [1.82, 2.24) is 5.32 Å². The molecule has 0 unspecified atom stereocenters. The van der Waals surface area contributed by atoms with Crippen LogP contribution in [0.15, 0.2) is 24.8 Å². The van der Waals surface area contributed by atoms with Gasteiger partial charge in [0.05, 0.1) is 0 Å². The number of rotatable bonds is 8. The molecule has 0 aromatic rings. The van der Waals surface area contributed by atoms with Gasteiger partial charge in [0.25, 0.3) is 0 Å². The van der Waals surface area contributed by atoms with Gasteiger partial charge in [-0.2, -0.15) is 0 Å². The van der Waals surface area contributed by atoms with Crippen molar-refractivity contribution in [3.8, 4) is 0 Å². The van der Waals surface area contributed by atoms with Crippen LogP contribution in [0.4, 0.5) is 0 Å². The van der Waals surface area contributed by atoms with Crippen molar-refractivity contribution >= 4 is 5.97 Å². The predicted molar refractivity (Wildman–Crippen MR) is 62.9 cm³/mol. The van der Waals surface area contributed by atoms with E-state index in [1.165, 1.54) is 0 Å². The quantitative estimate of drug-likeness (QED) is 0.367. The first-order valence-electron chi connectivity index (χ1n) is 5.12. The Kier molecular flexibility index (Phi) is 5.94. The van der Waals surface area contributed by atoms with Crippen LogP contribution in [0, 0.1) is 5.41 Å². The number of hydrogen-bond donors (Lipinski definition) is 2. The fraction of sp³-hybridized carbons (Fsp3) is 0.583. The average molecular weight is 211 g/mol. The highest BCUT2D eigenvalue weighted by Crippen LogP contribution is 2.23. The lowest BCUT2D eigenvalue weighted by Crippen LogP contribution is -2.29. The molecule has 0 saturated heterocycles. The molecule has 0 aliphatic carbocycles. The first-order valence-corrected chi connectivity index (χ1v) is 5.12. The lowest BCUT2D eigenvalue weighted by atomic mass is 9.86. The van der Waals surface area contributed by atoms with Crippen molar-refractivity contribution in [2.24, 2.45) is 5.41 Å². The molecule has 0 fully saturated rings. The summed E-state index contributed by atoms with van der Waals surface area (Å²) >= 11 is 0. The Morgan fingerprint density at radius 2 is 2.13 bits per heavy atom. The van der Waals surface area contributed by atoms with Crippen LogP contribution < -0.4 is 5.32 Å². The SMILES string of the molecule is C=CCNCC(C)(C)CCC(=C)C(=O)O. The molecular weight excluding hydrogens is 190 g/mol. The Morgan fingerprint density at radius 3 is 2.60 bits per heavy atom. The third-order valence-corrected chi connectivity index (χ3v) is 2.30. The van der Waals surface area contributed by atoms with Gasteiger partial charge >= 0.3 is 5.97 Å². The Labute approximate surface area is 91.9 Å². The maximum atomic E-state index is 10.5. The number of nitrogens with one attached hydrogen (secondary N) is 1. The minimum absolute atomic E-state index is 0.0847. The molecule has 2 N–H and O–H groups in total. The van der Waals surface area contributed by atoms with E-state index < -0.39 is 5.97 Å². The summed E-state index contributed by atoms with van der Waals surface area (Å²) < 4.78 is 0. The highest BCUT2D eigenvalue weighted by atomic mass is 16.4. The fourth-order valence-corrected chi connectivity index (χ4v) is 1.20. The molecule has 0 bridgehead atoms. The third-order valence-electron chi connectivity index (χ3n) is 2.30. The summed E-state index contributed by atoms with van der Waals surface area (Å²) in [6, 6.07) is 0. The number of carboxylic acid groups (broad SMARTS) is 1. The molecule has 0 spiro atoms. The summed E-state index contributed by atoms with van der Waals surface area (Å²) in [5, 5.41) is 11.9. The topological polar surface area (TPSA) is 49.3 Å². The first kappa shape index (κ1) is 13.9. The van der Waals surface area contributed by atoms with Crippen molar-refractivity contribution in [2.75, 3.05) is 13.1 Å². The molecule has 0 rings (SSSR count). The van der Waals surface area contributed by atoms with Crippen LogP contribution in [-0.2, 0) is 4.79 Å². The van der Waals surface area contributed by atoms with Crippen LogP contribution in [0.2, 0.25) is 0 Å². The monoisotopic (exact) mass is 211 g/mol. The zero-order chi connectivity index (χ0) is 11.9. The maximum absolute atomic E-state index is 10.5. The fourth-order valence-electron chi connectivity index (χ4n) is 1.20. The second kappa shape index (κ2) is 6.40. The molecule has 0 aliphatic heterocycles. The predicted octanol–water partition coefficient (Wildman–Crippen LogP) is 2.21. The van der Waals surface area contributed by atoms with Crippen molar-refractivity contribution in [3.05, 3.63) is 24.8 Å². The van der Waals surface area contributed by atoms with E-state index in [4.69, 9.17) is 5.11 Å². The van der Waals surface area contributed by atoms with Crippen molar-refractivity contribution in [2.45, 2.75) is 26.7 Å². The van der Waals surface area contributed by atoms with Gasteiger partial charge in [0, 0.05) is 18.7 Å². The molecule has 3 nitrogen and oxygen atoms in total. The number of aliphatic carboxylic acids is 1. The summed E-state index contributed by atoms with van der Waals surface area (Å²) in [6.07, 6.45) is 3.17. The summed E-state index contributed by atoms with van der Waals surface area (Å²) in [4.78, 5) is 10.5. The molecule has 0 aromatic heterocycles. The van der Waals surface area contributed by atoms with E-state index in [2.05, 4.69) is 32.3 Å². The summed E-state index contributed by atoms with van der Waals surface area (Å²) in [5.41, 5.74) is 0.369. The van der Waals surface area contributed by atoms with Crippen LogP contribution in [0.5, 0.6) is 0 Å². The number of carboxylic acids is 1. The molecule has 15 heavy (non-hydrogen) atoms. The minimum atomic E-state index is -0.898. The largest absolute Gasteiger partial charge is 0.478 e. The van der Waals surface area contributed by atoms with Crippen LogP contribution in [-0.4, -0.2) is 24.2 Å². The van der Waals surface area contributed by atoms with Crippen molar-refractivity contribution < 1.29 is 9.90 Å². The van der Waals surface area contributed by atoms with E-state index in [0.29, 0.717) is 6.42 Å². The van der Waals surface area contributed by atoms with Crippen molar-refractivity contribution in [3.63, 3.8) is 0 Å². The second-order valence-electron chi connectivity index (χ2n) is 4.49. The van der Waals surface area contributed by atoms with E-state index in [-0.39, 0.29) is 11.0 Å². The summed E-state index contributed by atoms with van der Waals surface area (Å²) in [5.74, 6) is -0.898.